The van der Waals surface area contributed by atoms with Gasteiger partial charge in [-0.1, -0.05) is 6.92 Å². The van der Waals surface area contributed by atoms with E-state index in [-0.39, 0.29) is 12.5 Å². The zero-order valence-electron chi connectivity index (χ0n) is 6.91. The number of rotatable bonds is 5. The third-order valence-electron chi connectivity index (χ3n) is 1.59. The SMILES string of the molecule is CCC(OC)C(N)CC(=O)O. The molecule has 2 atom stereocenters. The van der Waals surface area contributed by atoms with Crippen LogP contribution in [0, 0.1) is 0 Å². The van der Waals surface area contributed by atoms with Crippen LogP contribution in [0.2, 0.25) is 0 Å². The molecule has 0 aromatic rings. The number of hydrogen-bond acceptors (Lipinski definition) is 3. The summed E-state index contributed by atoms with van der Waals surface area (Å²) in [5, 5.41) is 8.39. The van der Waals surface area contributed by atoms with E-state index in [0.29, 0.717) is 0 Å². The number of carboxylic acid groups (broad SMARTS) is 1. The summed E-state index contributed by atoms with van der Waals surface area (Å²) in [6.07, 6.45) is 0.559. The molecule has 0 radical (unpaired) electrons. The topological polar surface area (TPSA) is 72.5 Å². The zero-order valence-corrected chi connectivity index (χ0v) is 6.91. The molecule has 0 saturated carbocycles. The highest BCUT2D eigenvalue weighted by Crippen LogP contribution is 2.03. The van der Waals surface area contributed by atoms with Crippen molar-refractivity contribution in [1.82, 2.24) is 0 Å². The molecule has 0 saturated heterocycles. The molecular formula is C7H15NO3. The van der Waals surface area contributed by atoms with Crippen LogP contribution in [0.25, 0.3) is 0 Å². The Bertz CT molecular complexity index is 123. The molecule has 0 amide bonds. The number of carboxylic acids is 1. The molecule has 0 heterocycles. The average Bonchev–Trinajstić information content (AvgIpc) is 1.88. The van der Waals surface area contributed by atoms with E-state index in [4.69, 9.17) is 15.6 Å². The van der Waals surface area contributed by atoms with Gasteiger partial charge in [0.2, 0.25) is 0 Å². The molecule has 0 rings (SSSR count). The third-order valence-corrected chi connectivity index (χ3v) is 1.59. The van der Waals surface area contributed by atoms with Crippen LogP contribution in [0.1, 0.15) is 19.8 Å². The van der Waals surface area contributed by atoms with Crippen LogP contribution in [0.3, 0.4) is 0 Å². The molecule has 2 unspecified atom stereocenters. The second-order valence-electron chi connectivity index (χ2n) is 2.44. The molecule has 0 aliphatic rings. The molecule has 4 nitrogen and oxygen atoms in total. The molecule has 0 aliphatic heterocycles. The highest BCUT2D eigenvalue weighted by Gasteiger charge is 2.17. The fourth-order valence-electron chi connectivity index (χ4n) is 0.977. The standard InChI is InChI=1S/C7H15NO3/c1-3-6(11-2)5(8)4-7(9)10/h5-6H,3-4,8H2,1-2H3,(H,9,10). The lowest BCUT2D eigenvalue weighted by molar-refractivity contribution is -0.138. The molecule has 0 bridgehead atoms. The Balaban J connectivity index is 3.78. The van der Waals surface area contributed by atoms with E-state index in [9.17, 15) is 4.79 Å². The first kappa shape index (κ1) is 10.4. The van der Waals surface area contributed by atoms with Gasteiger partial charge in [0.1, 0.15) is 0 Å². The first-order valence-electron chi connectivity index (χ1n) is 3.62. The maximum absolute atomic E-state index is 10.2. The van der Waals surface area contributed by atoms with Crippen molar-refractivity contribution < 1.29 is 14.6 Å². The van der Waals surface area contributed by atoms with E-state index in [1.165, 1.54) is 7.11 Å². The molecule has 66 valence electrons. The molecular weight excluding hydrogens is 146 g/mol. The van der Waals surface area contributed by atoms with E-state index >= 15 is 0 Å². The number of ether oxygens (including phenoxy) is 1. The van der Waals surface area contributed by atoms with E-state index in [0.717, 1.165) is 6.42 Å². The van der Waals surface area contributed by atoms with Gasteiger partial charge in [0.15, 0.2) is 0 Å². The predicted octanol–water partition coefficient (Wildman–Crippen LogP) is 0.213. The molecule has 0 fully saturated rings. The maximum Gasteiger partial charge on any atom is 0.305 e. The van der Waals surface area contributed by atoms with E-state index in [1.807, 2.05) is 6.92 Å². The van der Waals surface area contributed by atoms with Crippen LogP contribution in [-0.2, 0) is 9.53 Å². The normalized spacial score (nSPS) is 15.9. The highest BCUT2D eigenvalue weighted by molar-refractivity contribution is 5.67. The first-order chi connectivity index (χ1) is 5.11. The summed E-state index contributed by atoms with van der Waals surface area (Å²) in [5.41, 5.74) is 5.53. The number of nitrogens with two attached hydrogens (primary N) is 1. The van der Waals surface area contributed by atoms with Crippen molar-refractivity contribution in [3.05, 3.63) is 0 Å². The van der Waals surface area contributed by atoms with Crippen molar-refractivity contribution in [3.63, 3.8) is 0 Å². The summed E-state index contributed by atoms with van der Waals surface area (Å²) in [5.74, 6) is -0.881. The highest BCUT2D eigenvalue weighted by atomic mass is 16.5. The minimum Gasteiger partial charge on any atom is -0.481 e. The Kier molecular flexibility index (Phi) is 4.81. The van der Waals surface area contributed by atoms with Gasteiger partial charge in [-0.15, -0.1) is 0 Å². The molecule has 0 spiro atoms. The van der Waals surface area contributed by atoms with Gasteiger partial charge < -0.3 is 15.6 Å². The molecule has 0 aromatic heterocycles. The van der Waals surface area contributed by atoms with E-state index in [1.54, 1.807) is 0 Å². The Morgan fingerprint density at radius 1 is 1.73 bits per heavy atom. The summed E-state index contributed by atoms with van der Waals surface area (Å²) >= 11 is 0. The minimum atomic E-state index is -0.881. The van der Waals surface area contributed by atoms with Crippen LogP contribution in [0.15, 0.2) is 0 Å². The van der Waals surface area contributed by atoms with Crippen LogP contribution in [-0.4, -0.2) is 30.3 Å². The van der Waals surface area contributed by atoms with Gasteiger partial charge in [-0.25, -0.2) is 0 Å². The van der Waals surface area contributed by atoms with Crippen LogP contribution in [0.4, 0.5) is 0 Å². The summed E-state index contributed by atoms with van der Waals surface area (Å²) < 4.78 is 4.97. The van der Waals surface area contributed by atoms with Gasteiger partial charge in [0.25, 0.3) is 0 Å². The van der Waals surface area contributed by atoms with Gasteiger partial charge in [-0.3, -0.25) is 4.79 Å². The van der Waals surface area contributed by atoms with E-state index < -0.39 is 12.0 Å². The third kappa shape index (κ3) is 3.95. The quantitative estimate of drug-likeness (QED) is 0.604. The predicted molar refractivity (Wildman–Crippen MR) is 41.3 cm³/mol. The van der Waals surface area contributed by atoms with Crippen molar-refractivity contribution in [1.29, 1.82) is 0 Å². The van der Waals surface area contributed by atoms with Crippen molar-refractivity contribution in [2.75, 3.05) is 7.11 Å². The Hall–Kier alpha value is -0.610. The Morgan fingerprint density at radius 3 is 2.55 bits per heavy atom. The van der Waals surface area contributed by atoms with Crippen LogP contribution < -0.4 is 5.73 Å². The van der Waals surface area contributed by atoms with Crippen molar-refractivity contribution in [3.8, 4) is 0 Å². The van der Waals surface area contributed by atoms with Crippen LogP contribution >= 0.6 is 0 Å². The minimum absolute atomic E-state index is 0.0354. The zero-order chi connectivity index (χ0) is 8.85. The molecule has 3 N–H and O–H groups in total. The first-order valence-corrected chi connectivity index (χ1v) is 3.62. The smallest absolute Gasteiger partial charge is 0.305 e. The maximum atomic E-state index is 10.2. The lowest BCUT2D eigenvalue weighted by Gasteiger charge is -2.18. The summed E-state index contributed by atoms with van der Waals surface area (Å²) in [6.45, 7) is 1.91. The fraction of sp³-hybridized carbons (Fsp3) is 0.857. The lowest BCUT2D eigenvalue weighted by Crippen LogP contribution is -2.37. The van der Waals surface area contributed by atoms with Crippen molar-refractivity contribution >= 4 is 5.97 Å². The average molecular weight is 161 g/mol. The number of carbonyl (C=O) groups is 1. The van der Waals surface area contributed by atoms with Gasteiger partial charge in [0.05, 0.1) is 12.5 Å². The largest absolute Gasteiger partial charge is 0.481 e. The van der Waals surface area contributed by atoms with Crippen LogP contribution in [0.5, 0.6) is 0 Å². The van der Waals surface area contributed by atoms with Gasteiger partial charge in [-0.05, 0) is 6.42 Å². The monoisotopic (exact) mass is 161 g/mol. The Morgan fingerprint density at radius 2 is 2.27 bits per heavy atom. The summed E-state index contributed by atoms with van der Waals surface area (Å²) in [6, 6.07) is -0.400. The number of aliphatic carboxylic acids is 1. The molecule has 11 heavy (non-hydrogen) atoms. The number of hydrogen-bond donors (Lipinski definition) is 2. The summed E-state index contributed by atoms with van der Waals surface area (Å²) in [7, 11) is 1.54. The van der Waals surface area contributed by atoms with Crippen molar-refractivity contribution in [2.24, 2.45) is 5.73 Å². The lowest BCUT2D eigenvalue weighted by atomic mass is 10.1. The second-order valence-corrected chi connectivity index (χ2v) is 2.44. The van der Waals surface area contributed by atoms with Gasteiger partial charge >= 0.3 is 5.97 Å². The molecule has 0 aliphatic carbocycles. The Labute approximate surface area is 66.3 Å². The van der Waals surface area contributed by atoms with E-state index in [2.05, 4.69) is 0 Å². The molecule has 0 aromatic carbocycles. The second kappa shape index (κ2) is 5.09. The van der Waals surface area contributed by atoms with Gasteiger partial charge in [-0.2, -0.15) is 0 Å². The van der Waals surface area contributed by atoms with Crippen molar-refractivity contribution in [2.45, 2.75) is 31.9 Å². The van der Waals surface area contributed by atoms with Gasteiger partial charge in [0, 0.05) is 13.2 Å². The summed E-state index contributed by atoms with van der Waals surface area (Å²) in [4.78, 5) is 10.2. The molecule has 4 heteroatoms. The number of methoxy groups -OCH3 is 1. The fourth-order valence-corrected chi connectivity index (χ4v) is 0.977.